The van der Waals surface area contributed by atoms with Gasteiger partial charge in [-0.2, -0.15) is 0 Å². The van der Waals surface area contributed by atoms with Gasteiger partial charge in [-0.3, -0.25) is 4.79 Å². The predicted octanol–water partition coefficient (Wildman–Crippen LogP) is 3.42. The highest BCUT2D eigenvalue weighted by molar-refractivity contribution is 9.10. The largest absolute Gasteiger partial charge is 0.493 e. The molecule has 4 nitrogen and oxygen atoms in total. The summed E-state index contributed by atoms with van der Waals surface area (Å²) in [6, 6.07) is 6.87. The maximum atomic E-state index is 13.4. The number of benzene rings is 2. The number of halogens is 2. The molecule has 0 aromatic heterocycles. The standard InChI is InChI=1S/C15H13BrFNO3/c1-20-13-6-11(12(16)7-14(13)21-2)15(19)8-3-9(17)5-10(18)4-8/h3-7H,18H2,1-2H3. The first-order valence-electron chi connectivity index (χ1n) is 5.98. The van der Waals surface area contributed by atoms with Crippen LogP contribution in [0.2, 0.25) is 0 Å². The van der Waals surface area contributed by atoms with Crippen LogP contribution in [-0.2, 0) is 0 Å². The second kappa shape index (κ2) is 6.13. The third-order valence-corrected chi connectivity index (χ3v) is 3.56. The summed E-state index contributed by atoms with van der Waals surface area (Å²) in [4.78, 5) is 12.5. The molecular formula is C15H13BrFNO3. The van der Waals surface area contributed by atoms with Crippen LogP contribution in [0.1, 0.15) is 15.9 Å². The monoisotopic (exact) mass is 353 g/mol. The van der Waals surface area contributed by atoms with E-state index in [-0.39, 0.29) is 17.0 Å². The summed E-state index contributed by atoms with van der Waals surface area (Å²) in [5, 5.41) is 0. The molecule has 0 atom stereocenters. The van der Waals surface area contributed by atoms with Gasteiger partial charge in [0, 0.05) is 21.3 Å². The molecule has 2 N–H and O–H groups in total. The number of hydrogen-bond acceptors (Lipinski definition) is 4. The lowest BCUT2D eigenvalue weighted by molar-refractivity contribution is 0.103. The van der Waals surface area contributed by atoms with Gasteiger partial charge in [0.1, 0.15) is 5.82 Å². The molecule has 0 aliphatic heterocycles. The van der Waals surface area contributed by atoms with Gasteiger partial charge >= 0.3 is 0 Å². The molecule has 0 radical (unpaired) electrons. The maximum Gasteiger partial charge on any atom is 0.194 e. The molecule has 0 amide bonds. The molecular weight excluding hydrogens is 341 g/mol. The fraction of sp³-hybridized carbons (Fsp3) is 0.133. The van der Waals surface area contributed by atoms with Crippen LogP contribution >= 0.6 is 15.9 Å². The Labute approximate surface area is 129 Å². The maximum absolute atomic E-state index is 13.4. The number of methoxy groups -OCH3 is 2. The second-order valence-corrected chi connectivity index (χ2v) is 5.14. The molecule has 21 heavy (non-hydrogen) atoms. The minimum absolute atomic E-state index is 0.167. The Morgan fingerprint density at radius 2 is 1.71 bits per heavy atom. The van der Waals surface area contributed by atoms with Crippen LogP contribution in [0.3, 0.4) is 0 Å². The quantitative estimate of drug-likeness (QED) is 0.675. The first-order chi connectivity index (χ1) is 9.96. The van der Waals surface area contributed by atoms with Crippen molar-refractivity contribution < 1.29 is 18.7 Å². The van der Waals surface area contributed by atoms with Crippen molar-refractivity contribution in [2.24, 2.45) is 0 Å². The molecule has 0 saturated heterocycles. The SMILES string of the molecule is COc1cc(Br)c(C(=O)c2cc(N)cc(F)c2)cc1OC. The van der Waals surface area contributed by atoms with Crippen molar-refractivity contribution >= 4 is 27.4 Å². The Balaban J connectivity index is 2.52. The van der Waals surface area contributed by atoms with Gasteiger partial charge in [-0.1, -0.05) is 0 Å². The number of nitrogens with two attached hydrogens (primary N) is 1. The van der Waals surface area contributed by atoms with Gasteiger partial charge in [0.25, 0.3) is 0 Å². The van der Waals surface area contributed by atoms with Crippen molar-refractivity contribution in [1.82, 2.24) is 0 Å². The van der Waals surface area contributed by atoms with Crippen LogP contribution in [-0.4, -0.2) is 20.0 Å². The number of ether oxygens (including phenoxy) is 2. The van der Waals surface area contributed by atoms with Crippen LogP contribution in [0.25, 0.3) is 0 Å². The van der Waals surface area contributed by atoms with E-state index in [1.807, 2.05) is 0 Å². The molecule has 110 valence electrons. The number of rotatable bonds is 4. The number of nitrogen functional groups attached to an aromatic ring is 1. The molecule has 2 aromatic rings. The lowest BCUT2D eigenvalue weighted by Gasteiger charge is -2.11. The van der Waals surface area contributed by atoms with Crippen molar-refractivity contribution in [1.29, 1.82) is 0 Å². The van der Waals surface area contributed by atoms with Crippen molar-refractivity contribution in [3.63, 3.8) is 0 Å². The van der Waals surface area contributed by atoms with Gasteiger partial charge in [-0.05, 0) is 46.3 Å². The number of carbonyl (C=O) groups is 1. The van der Waals surface area contributed by atoms with Gasteiger partial charge in [-0.15, -0.1) is 0 Å². The summed E-state index contributed by atoms with van der Waals surface area (Å²) in [6.07, 6.45) is 0. The third-order valence-electron chi connectivity index (χ3n) is 2.90. The summed E-state index contributed by atoms with van der Waals surface area (Å²) >= 11 is 3.30. The molecule has 0 heterocycles. The predicted molar refractivity (Wildman–Crippen MR) is 81.5 cm³/mol. The zero-order valence-electron chi connectivity index (χ0n) is 11.4. The van der Waals surface area contributed by atoms with Crippen LogP contribution < -0.4 is 15.2 Å². The zero-order chi connectivity index (χ0) is 15.6. The Bertz CT molecular complexity index is 683. The summed E-state index contributed by atoms with van der Waals surface area (Å²) < 4.78 is 24.2. The molecule has 0 aliphatic carbocycles. The van der Waals surface area contributed by atoms with E-state index in [1.165, 1.54) is 26.4 Å². The highest BCUT2D eigenvalue weighted by Gasteiger charge is 2.18. The summed E-state index contributed by atoms with van der Waals surface area (Å²) in [5.41, 5.74) is 6.25. The molecule has 2 rings (SSSR count). The Hall–Kier alpha value is -2.08. The molecule has 0 saturated carbocycles. The molecule has 0 fully saturated rings. The van der Waals surface area contributed by atoms with E-state index < -0.39 is 5.82 Å². The van der Waals surface area contributed by atoms with E-state index >= 15 is 0 Å². The molecule has 6 heteroatoms. The first kappa shape index (κ1) is 15.3. The topological polar surface area (TPSA) is 61.5 Å². The zero-order valence-corrected chi connectivity index (χ0v) is 13.0. The van der Waals surface area contributed by atoms with E-state index in [9.17, 15) is 9.18 Å². The Morgan fingerprint density at radius 1 is 1.10 bits per heavy atom. The minimum Gasteiger partial charge on any atom is -0.493 e. The minimum atomic E-state index is -0.560. The molecule has 0 aliphatic rings. The Morgan fingerprint density at radius 3 is 2.29 bits per heavy atom. The highest BCUT2D eigenvalue weighted by Crippen LogP contribution is 2.34. The molecule has 2 aromatic carbocycles. The molecule has 0 bridgehead atoms. The van der Waals surface area contributed by atoms with E-state index in [1.54, 1.807) is 6.07 Å². The summed E-state index contributed by atoms with van der Waals surface area (Å²) in [7, 11) is 2.97. The lowest BCUT2D eigenvalue weighted by Crippen LogP contribution is -2.05. The van der Waals surface area contributed by atoms with E-state index in [0.717, 1.165) is 12.1 Å². The fourth-order valence-electron chi connectivity index (χ4n) is 1.93. The van der Waals surface area contributed by atoms with Gasteiger partial charge in [-0.25, -0.2) is 4.39 Å². The number of carbonyl (C=O) groups excluding carboxylic acids is 1. The van der Waals surface area contributed by atoms with Crippen molar-refractivity contribution in [2.45, 2.75) is 0 Å². The van der Waals surface area contributed by atoms with Crippen LogP contribution in [0.4, 0.5) is 10.1 Å². The Kier molecular flexibility index (Phi) is 4.47. The van der Waals surface area contributed by atoms with Gasteiger partial charge in [0.05, 0.1) is 14.2 Å². The summed E-state index contributed by atoms with van der Waals surface area (Å²) in [6.45, 7) is 0. The normalized spacial score (nSPS) is 10.3. The van der Waals surface area contributed by atoms with E-state index in [2.05, 4.69) is 15.9 Å². The van der Waals surface area contributed by atoms with Crippen molar-refractivity contribution in [3.8, 4) is 11.5 Å². The third kappa shape index (κ3) is 3.16. The molecule has 0 spiro atoms. The van der Waals surface area contributed by atoms with Crippen LogP contribution in [0.15, 0.2) is 34.8 Å². The fourth-order valence-corrected chi connectivity index (χ4v) is 2.43. The van der Waals surface area contributed by atoms with Gasteiger partial charge in [0.2, 0.25) is 0 Å². The average molecular weight is 354 g/mol. The molecule has 0 unspecified atom stereocenters. The van der Waals surface area contributed by atoms with E-state index in [4.69, 9.17) is 15.2 Å². The van der Waals surface area contributed by atoms with Crippen molar-refractivity contribution in [2.75, 3.05) is 20.0 Å². The average Bonchev–Trinajstić information content (AvgIpc) is 2.45. The first-order valence-corrected chi connectivity index (χ1v) is 6.78. The lowest BCUT2D eigenvalue weighted by atomic mass is 10.0. The van der Waals surface area contributed by atoms with Crippen molar-refractivity contribution in [3.05, 3.63) is 51.7 Å². The highest BCUT2D eigenvalue weighted by atomic mass is 79.9. The van der Waals surface area contributed by atoms with Gasteiger partial charge in [0.15, 0.2) is 17.3 Å². The number of hydrogen-bond donors (Lipinski definition) is 1. The second-order valence-electron chi connectivity index (χ2n) is 4.29. The number of ketones is 1. The summed E-state index contributed by atoms with van der Waals surface area (Å²) in [5.74, 6) is -0.0305. The van der Waals surface area contributed by atoms with Gasteiger partial charge < -0.3 is 15.2 Å². The smallest absolute Gasteiger partial charge is 0.194 e. The van der Waals surface area contributed by atoms with Crippen LogP contribution in [0, 0.1) is 5.82 Å². The van der Waals surface area contributed by atoms with E-state index in [0.29, 0.717) is 21.5 Å². The van der Waals surface area contributed by atoms with Crippen LogP contribution in [0.5, 0.6) is 11.5 Å². The number of anilines is 1.